The number of likely N-dealkylation sites (tertiary alicyclic amines) is 1. The molecule has 2 N–H and O–H groups in total. The second-order valence-corrected chi connectivity index (χ2v) is 13.3. The molecule has 0 aromatic carbocycles. The lowest BCUT2D eigenvalue weighted by Crippen LogP contribution is -2.44. The predicted octanol–water partition coefficient (Wildman–Crippen LogP) is 2.13. The fraction of sp³-hybridized carbons (Fsp3) is 0.731. The van der Waals surface area contributed by atoms with Crippen molar-refractivity contribution in [1.82, 2.24) is 29.0 Å². The molecule has 38 heavy (non-hydrogen) atoms. The molecule has 0 saturated carbocycles. The van der Waals surface area contributed by atoms with E-state index in [-0.39, 0.29) is 11.8 Å². The zero-order valence-electron chi connectivity index (χ0n) is 23.1. The highest BCUT2D eigenvalue weighted by molar-refractivity contribution is 7.89. The number of anilines is 1. The molecule has 2 aromatic heterocycles. The Morgan fingerprint density at radius 2 is 1.84 bits per heavy atom. The zero-order chi connectivity index (χ0) is 27.3. The van der Waals surface area contributed by atoms with Crippen LogP contribution in [-0.2, 0) is 21.3 Å². The molecule has 2 saturated heterocycles. The molecule has 11 nitrogen and oxygen atoms in total. The fourth-order valence-electron chi connectivity index (χ4n) is 5.20. The molecule has 2 aromatic rings. The molecule has 2 fully saturated rings. The summed E-state index contributed by atoms with van der Waals surface area (Å²) < 4.78 is 34.6. The Balaban J connectivity index is 1.26. The van der Waals surface area contributed by atoms with E-state index in [2.05, 4.69) is 20.3 Å². The van der Waals surface area contributed by atoms with Gasteiger partial charge in [-0.15, -0.1) is 0 Å². The molecule has 12 heteroatoms. The molecular formula is C26H43N7O4S. The lowest BCUT2D eigenvalue weighted by atomic mass is 10.1. The van der Waals surface area contributed by atoms with Crippen LogP contribution in [0.15, 0.2) is 18.6 Å². The highest BCUT2D eigenvalue weighted by atomic mass is 32.2. The normalized spacial score (nSPS) is 19.2. The molecule has 0 spiro atoms. The van der Waals surface area contributed by atoms with Crippen LogP contribution in [-0.4, -0.2) is 106 Å². The number of ether oxygens (including phenoxy) is 1. The summed E-state index contributed by atoms with van der Waals surface area (Å²) in [5.41, 5.74) is 1.72. The van der Waals surface area contributed by atoms with E-state index in [1.54, 1.807) is 42.3 Å². The van der Waals surface area contributed by atoms with Crippen LogP contribution in [0.25, 0.3) is 11.3 Å². The van der Waals surface area contributed by atoms with Crippen molar-refractivity contribution < 1.29 is 18.3 Å². The molecule has 2 aliphatic rings. The largest absolute Gasteiger partial charge is 0.389 e. The summed E-state index contributed by atoms with van der Waals surface area (Å²) in [7, 11) is -1.50. The van der Waals surface area contributed by atoms with Gasteiger partial charge in [0.05, 0.1) is 35.9 Å². The van der Waals surface area contributed by atoms with E-state index in [9.17, 15) is 13.5 Å². The molecule has 2 aliphatic heterocycles. The monoisotopic (exact) mass is 549 g/mol. The Morgan fingerprint density at radius 3 is 2.50 bits per heavy atom. The van der Waals surface area contributed by atoms with Crippen LogP contribution in [0.2, 0.25) is 0 Å². The van der Waals surface area contributed by atoms with Crippen molar-refractivity contribution in [3.05, 3.63) is 24.2 Å². The van der Waals surface area contributed by atoms with Crippen LogP contribution in [0.5, 0.6) is 0 Å². The maximum Gasteiger partial charge on any atom is 0.223 e. The van der Waals surface area contributed by atoms with Gasteiger partial charge >= 0.3 is 0 Å². The van der Waals surface area contributed by atoms with Crippen molar-refractivity contribution in [2.75, 3.05) is 50.9 Å². The number of nitrogens with one attached hydrogen (secondary N) is 1. The van der Waals surface area contributed by atoms with E-state index in [0.29, 0.717) is 50.9 Å². The molecule has 0 bridgehead atoms. The van der Waals surface area contributed by atoms with Crippen molar-refractivity contribution in [2.24, 2.45) is 0 Å². The summed E-state index contributed by atoms with van der Waals surface area (Å²) in [5, 5.41) is 17.8. The second-order valence-electron chi connectivity index (χ2n) is 11.2. The Hall–Kier alpha value is -2.12. The van der Waals surface area contributed by atoms with Crippen LogP contribution in [0, 0.1) is 6.92 Å². The van der Waals surface area contributed by atoms with Gasteiger partial charge in [-0.3, -0.25) is 4.68 Å². The topological polar surface area (TPSA) is 126 Å². The molecule has 0 atom stereocenters. The van der Waals surface area contributed by atoms with Gasteiger partial charge in [0.2, 0.25) is 16.0 Å². The van der Waals surface area contributed by atoms with E-state index in [4.69, 9.17) is 9.72 Å². The Kier molecular flexibility index (Phi) is 9.40. The van der Waals surface area contributed by atoms with Gasteiger partial charge < -0.3 is 20.1 Å². The van der Waals surface area contributed by atoms with Crippen LogP contribution in [0.4, 0.5) is 5.95 Å². The summed E-state index contributed by atoms with van der Waals surface area (Å²) in [6, 6.07) is 0.108. The maximum absolute atomic E-state index is 12.9. The number of aliphatic hydroxyl groups is 1. The van der Waals surface area contributed by atoms with Gasteiger partial charge in [0.15, 0.2) is 0 Å². The Bertz CT molecular complexity index is 1150. The third-order valence-corrected chi connectivity index (χ3v) is 9.31. The van der Waals surface area contributed by atoms with Crippen molar-refractivity contribution in [1.29, 1.82) is 0 Å². The summed E-state index contributed by atoms with van der Waals surface area (Å²) in [6.45, 7) is 9.60. The lowest BCUT2D eigenvalue weighted by molar-refractivity contribution is 0.0412. The minimum atomic E-state index is -3.26. The summed E-state index contributed by atoms with van der Waals surface area (Å²) in [6.07, 6.45) is 9.85. The first-order chi connectivity index (χ1) is 18.0. The highest BCUT2D eigenvalue weighted by Gasteiger charge is 2.28. The first kappa shape index (κ1) is 28.9. The molecule has 0 unspecified atom stereocenters. The van der Waals surface area contributed by atoms with Crippen LogP contribution in [0.1, 0.15) is 51.5 Å². The number of hydrogen-bond donors (Lipinski definition) is 2. The predicted molar refractivity (Wildman–Crippen MR) is 147 cm³/mol. The van der Waals surface area contributed by atoms with Gasteiger partial charge in [0, 0.05) is 57.3 Å². The number of piperidine rings is 2. The van der Waals surface area contributed by atoms with Crippen LogP contribution in [0.3, 0.4) is 0 Å². The minimum absolute atomic E-state index is 0.108. The first-order valence-electron chi connectivity index (χ1n) is 13.6. The number of aryl methyl sites for hydroxylation is 1. The van der Waals surface area contributed by atoms with Gasteiger partial charge in [0.25, 0.3) is 0 Å². The van der Waals surface area contributed by atoms with E-state index < -0.39 is 15.6 Å². The molecule has 0 aliphatic carbocycles. The quantitative estimate of drug-likeness (QED) is 0.433. The van der Waals surface area contributed by atoms with Gasteiger partial charge in [-0.1, -0.05) is 0 Å². The van der Waals surface area contributed by atoms with Crippen molar-refractivity contribution in [3.8, 4) is 11.3 Å². The number of aromatic nitrogens is 4. The van der Waals surface area contributed by atoms with Crippen LogP contribution < -0.4 is 5.32 Å². The summed E-state index contributed by atoms with van der Waals surface area (Å²) in [4.78, 5) is 11.5. The van der Waals surface area contributed by atoms with Crippen molar-refractivity contribution in [2.45, 2.75) is 77.2 Å². The first-order valence-corrected chi connectivity index (χ1v) is 15.2. The Morgan fingerprint density at radius 1 is 1.13 bits per heavy atom. The summed E-state index contributed by atoms with van der Waals surface area (Å²) >= 11 is 0. The number of methoxy groups -OCH3 is 1. The molecule has 4 heterocycles. The summed E-state index contributed by atoms with van der Waals surface area (Å²) in [5.74, 6) is 0.723. The number of sulfonamides is 1. The fourth-order valence-corrected chi connectivity index (χ4v) is 6.72. The van der Waals surface area contributed by atoms with Gasteiger partial charge in [-0.05, 0) is 65.0 Å². The smallest absolute Gasteiger partial charge is 0.223 e. The zero-order valence-corrected chi connectivity index (χ0v) is 24.0. The average Bonchev–Trinajstić information content (AvgIpc) is 3.32. The van der Waals surface area contributed by atoms with E-state index in [1.165, 1.54) is 0 Å². The standard InChI is InChI=1S/C26H43N7O4S/c1-20-16-27-25(30-24(20)21-17-28-32(18-21)19-26(2,3)34)29-22-6-13-33(14-7-22)38(35,36)15-5-10-31-11-8-23(37-4)9-12-31/h16-18,22-23,34H,5-15,19H2,1-4H3,(H,27,29,30). The van der Waals surface area contributed by atoms with E-state index >= 15 is 0 Å². The van der Waals surface area contributed by atoms with Crippen molar-refractivity contribution >= 4 is 16.0 Å². The maximum atomic E-state index is 12.9. The lowest BCUT2D eigenvalue weighted by Gasteiger charge is -2.33. The molecule has 0 amide bonds. The van der Waals surface area contributed by atoms with E-state index in [1.807, 2.05) is 13.1 Å². The van der Waals surface area contributed by atoms with Crippen molar-refractivity contribution in [3.63, 3.8) is 0 Å². The number of rotatable bonds is 11. The SMILES string of the molecule is COC1CCN(CCCS(=O)(=O)N2CCC(Nc3ncc(C)c(-c4cnn(CC(C)(C)O)c4)n3)CC2)CC1. The van der Waals surface area contributed by atoms with Crippen LogP contribution >= 0.6 is 0 Å². The molecule has 4 rings (SSSR count). The third-order valence-electron chi connectivity index (χ3n) is 7.35. The molecular weight excluding hydrogens is 506 g/mol. The number of hydrogen-bond acceptors (Lipinski definition) is 9. The Labute approximate surface area is 226 Å². The third kappa shape index (κ3) is 7.95. The highest BCUT2D eigenvalue weighted by Crippen LogP contribution is 2.24. The van der Waals surface area contributed by atoms with Gasteiger partial charge in [-0.2, -0.15) is 5.10 Å². The van der Waals surface area contributed by atoms with Gasteiger partial charge in [0.1, 0.15) is 0 Å². The van der Waals surface area contributed by atoms with Gasteiger partial charge in [-0.25, -0.2) is 22.7 Å². The molecule has 0 radical (unpaired) electrons. The minimum Gasteiger partial charge on any atom is -0.389 e. The average molecular weight is 550 g/mol. The molecule has 212 valence electrons. The van der Waals surface area contributed by atoms with E-state index in [0.717, 1.165) is 49.3 Å². The number of nitrogens with zero attached hydrogens (tertiary/aromatic N) is 6. The second kappa shape index (κ2) is 12.4.